The summed E-state index contributed by atoms with van der Waals surface area (Å²) in [5.74, 6) is 1.80. The Kier molecular flexibility index (Phi) is 4.70. The Morgan fingerprint density at radius 1 is 1.21 bits per heavy atom. The van der Waals surface area contributed by atoms with Gasteiger partial charge in [-0.1, -0.05) is 0 Å². The van der Waals surface area contributed by atoms with Crippen molar-refractivity contribution < 1.29 is 4.74 Å². The molecule has 1 aromatic carbocycles. The van der Waals surface area contributed by atoms with Crippen LogP contribution in [0, 0.1) is 19.8 Å². The van der Waals surface area contributed by atoms with Crippen LogP contribution in [-0.4, -0.2) is 33.8 Å². The summed E-state index contributed by atoms with van der Waals surface area (Å²) in [6.07, 6.45) is 2.58. The van der Waals surface area contributed by atoms with Crippen molar-refractivity contribution in [3.8, 4) is 5.75 Å². The summed E-state index contributed by atoms with van der Waals surface area (Å²) in [7, 11) is 3.94. The van der Waals surface area contributed by atoms with E-state index >= 15 is 0 Å². The molecule has 0 atom stereocenters. The lowest BCUT2D eigenvalue weighted by atomic mass is 9.97. The lowest BCUT2D eigenvalue weighted by Crippen LogP contribution is -2.34. The highest BCUT2D eigenvalue weighted by atomic mass is 16.5. The molecule has 0 spiro atoms. The number of nitrogens with zero attached hydrogens (tertiary/aromatic N) is 1. The summed E-state index contributed by atoms with van der Waals surface area (Å²) in [5, 5.41) is 3.43. The Hall–Kier alpha value is -1.22. The molecule has 0 radical (unpaired) electrons. The molecule has 2 rings (SSSR count). The highest BCUT2D eigenvalue weighted by molar-refractivity contribution is 5.59. The van der Waals surface area contributed by atoms with E-state index in [-0.39, 0.29) is 0 Å². The van der Waals surface area contributed by atoms with Gasteiger partial charge in [0.05, 0.1) is 7.11 Å². The highest BCUT2D eigenvalue weighted by Crippen LogP contribution is 2.30. The second kappa shape index (κ2) is 6.29. The average Bonchev–Trinajstić information content (AvgIpc) is 2.42. The van der Waals surface area contributed by atoms with Gasteiger partial charge in [0.1, 0.15) is 5.75 Å². The van der Waals surface area contributed by atoms with Gasteiger partial charge in [-0.25, -0.2) is 0 Å². The third-order valence-corrected chi connectivity index (χ3v) is 4.33. The zero-order valence-electron chi connectivity index (χ0n) is 12.6. The van der Waals surface area contributed by atoms with E-state index < -0.39 is 0 Å². The van der Waals surface area contributed by atoms with Crippen LogP contribution in [0.25, 0.3) is 0 Å². The van der Waals surface area contributed by atoms with Gasteiger partial charge in [-0.2, -0.15) is 0 Å². The van der Waals surface area contributed by atoms with Crippen LogP contribution in [0.1, 0.15) is 24.0 Å². The number of methoxy groups -OCH3 is 1. The Morgan fingerprint density at radius 2 is 1.89 bits per heavy atom. The zero-order chi connectivity index (χ0) is 13.8. The van der Waals surface area contributed by atoms with Crippen molar-refractivity contribution in [1.82, 2.24) is 5.32 Å². The maximum absolute atomic E-state index is 5.38. The van der Waals surface area contributed by atoms with Crippen LogP contribution < -0.4 is 15.0 Å². The predicted molar refractivity (Wildman–Crippen MR) is 81.3 cm³/mol. The second-order valence-corrected chi connectivity index (χ2v) is 5.61. The Labute approximate surface area is 116 Å². The maximum atomic E-state index is 5.38. The van der Waals surface area contributed by atoms with E-state index in [2.05, 4.69) is 43.2 Å². The third-order valence-electron chi connectivity index (χ3n) is 4.33. The molecule has 3 heteroatoms. The van der Waals surface area contributed by atoms with Crippen molar-refractivity contribution in [3.63, 3.8) is 0 Å². The molecule has 0 bridgehead atoms. The Balaban J connectivity index is 2.10. The van der Waals surface area contributed by atoms with E-state index in [0.29, 0.717) is 0 Å². The van der Waals surface area contributed by atoms with Crippen LogP contribution in [0.4, 0.5) is 5.69 Å². The van der Waals surface area contributed by atoms with Gasteiger partial charge in [0.25, 0.3) is 0 Å². The first-order chi connectivity index (χ1) is 9.13. The minimum atomic E-state index is 0.813. The molecular weight excluding hydrogens is 236 g/mol. The molecule has 0 aliphatic carbocycles. The molecule has 3 nitrogen and oxygen atoms in total. The van der Waals surface area contributed by atoms with Crippen molar-refractivity contribution in [2.75, 3.05) is 38.7 Å². The van der Waals surface area contributed by atoms with Gasteiger partial charge >= 0.3 is 0 Å². The number of rotatable bonds is 4. The number of benzene rings is 1. The largest absolute Gasteiger partial charge is 0.496 e. The smallest absolute Gasteiger partial charge is 0.122 e. The molecule has 19 heavy (non-hydrogen) atoms. The van der Waals surface area contributed by atoms with Crippen LogP contribution in [0.5, 0.6) is 5.75 Å². The normalized spacial score (nSPS) is 16.4. The number of piperidine rings is 1. The number of ether oxygens (including phenoxy) is 1. The van der Waals surface area contributed by atoms with E-state index in [1.807, 2.05) is 0 Å². The summed E-state index contributed by atoms with van der Waals surface area (Å²) in [5.41, 5.74) is 3.91. The Morgan fingerprint density at radius 3 is 2.53 bits per heavy atom. The van der Waals surface area contributed by atoms with Crippen molar-refractivity contribution in [2.24, 2.45) is 5.92 Å². The molecule has 0 amide bonds. The van der Waals surface area contributed by atoms with E-state index in [1.165, 1.54) is 42.7 Å². The summed E-state index contributed by atoms with van der Waals surface area (Å²) >= 11 is 0. The monoisotopic (exact) mass is 262 g/mol. The minimum Gasteiger partial charge on any atom is -0.496 e. The van der Waals surface area contributed by atoms with E-state index in [9.17, 15) is 0 Å². The zero-order valence-corrected chi connectivity index (χ0v) is 12.6. The molecule has 1 N–H and O–H groups in total. The summed E-state index contributed by atoms with van der Waals surface area (Å²) in [6, 6.07) is 4.26. The topological polar surface area (TPSA) is 24.5 Å². The maximum Gasteiger partial charge on any atom is 0.122 e. The fourth-order valence-corrected chi connectivity index (χ4v) is 2.97. The lowest BCUT2D eigenvalue weighted by Gasteiger charge is -2.30. The predicted octanol–water partition coefficient (Wildman–Crippen LogP) is 2.75. The molecule has 1 aromatic rings. The van der Waals surface area contributed by atoms with E-state index in [4.69, 9.17) is 4.74 Å². The van der Waals surface area contributed by atoms with Crippen LogP contribution in [0.2, 0.25) is 0 Å². The summed E-state index contributed by atoms with van der Waals surface area (Å²) in [6.45, 7) is 7.80. The first-order valence-corrected chi connectivity index (χ1v) is 7.19. The van der Waals surface area contributed by atoms with Gasteiger partial charge in [-0.15, -0.1) is 0 Å². The molecular formula is C16H26N2O. The van der Waals surface area contributed by atoms with Crippen LogP contribution in [0.15, 0.2) is 12.1 Å². The van der Waals surface area contributed by atoms with Gasteiger partial charge in [0.2, 0.25) is 0 Å². The van der Waals surface area contributed by atoms with Gasteiger partial charge in [-0.05, 0) is 69.0 Å². The molecule has 1 fully saturated rings. The van der Waals surface area contributed by atoms with Crippen molar-refractivity contribution in [3.05, 3.63) is 23.3 Å². The standard InChI is InChI=1S/C16H26N2O/c1-12-13(2)16(19-4)6-5-15(12)18(3)11-14-7-9-17-10-8-14/h5-6,14,17H,7-11H2,1-4H3. The SMILES string of the molecule is COc1ccc(N(C)CC2CCNCC2)c(C)c1C. The molecule has 0 saturated carbocycles. The molecule has 1 heterocycles. The number of nitrogens with one attached hydrogen (secondary N) is 1. The highest BCUT2D eigenvalue weighted by Gasteiger charge is 2.17. The van der Waals surface area contributed by atoms with Crippen LogP contribution in [-0.2, 0) is 0 Å². The van der Waals surface area contributed by atoms with Crippen molar-refractivity contribution >= 4 is 5.69 Å². The molecule has 1 aliphatic heterocycles. The minimum absolute atomic E-state index is 0.813. The average molecular weight is 262 g/mol. The lowest BCUT2D eigenvalue weighted by molar-refractivity contribution is 0.377. The van der Waals surface area contributed by atoms with Gasteiger partial charge < -0.3 is 15.0 Å². The number of hydrogen-bond donors (Lipinski definition) is 1. The van der Waals surface area contributed by atoms with Gasteiger partial charge in [-0.3, -0.25) is 0 Å². The number of hydrogen-bond acceptors (Lipinski definition) is 3. The fourth-order valence-electron chi connectivity index (χ4n) is 2.97. The van der Waals surface area contributed by atoms with Crippen molar-refractivity contribution in [1.29, 1.82) is 0 Å². The fraction of sp³-hybridized carbons (Fsp3) is 0.625. The van der Waals surface area contributed by atoms with E-state index in [1.54, 1.807) is 7.11 Å². The van der Waals surface area contributed by atoms with Crippen LogP contribution in [0.3, 0.4) is 0 Å². The van der Waals surface area contributed by atoms with Crippen LogP contribution >= 0.6 is 0 Å². The quantitative estimate of drug-likeness (QED) is 0.903. The number of anilines is 1. The summed E-state index contributed by atoms with van der Waals surface area (Å²) < 4.78 is 5.38. The van der Waals surface area contributed by atoms with Gasteiger partial charge in [0.15, 0.2) is 0 Å². The van der Waals surface area contributed by atoms with Crippen molar-refractivity contribution in [2.45, 2.75) is 26.7 Å². The molecule has 1 saturated heterocycles. The third kappa shape index (κ3) is 3.21. The first kappa shape index (κ1) is 14.2. The molecule has 106 valence electrons. The molecule has 0 aromatic heterocycles. The summed E-state index contributed by atoms with van der Waals surface area (Å²) in [4.78, 5) is 2.40. The first-order valence-electron chi connectivity index (χ1n) is 7.19. The molecule has 0 unspecified atom stereocenters. The molecule has 1 aliphatic rings. The second-order valence-electron chi connectivity index (χ2n) is 5.61. The Bertz CT molecular complexity index is 425. The van der Waals surface area contributed by atoms with Gasteiger partial charge in [0, 0.05) is 19.3 Å². The van der Waals surface area contributed by atoms with E-state index in [0.717, 1.165) is 18.2 Å².